The number of halogens is 1. The van der Waals surface area contributed by atoms with Crippen LogP contribution in [0.2, 0.25) is 0 Å². The van der Waals surface area contributed by atoms with E-state index < -0.39 is 11.6 Å². The molecular formula is C12H15BrN2O3S. The van der Waals surface area contributed by atoms with E-state index in [1.165, 1.54) is 11.3 Å². The molecule has 1 aromatic rings. The number of nitrogens with one attached hydrogen (secondary N) is 1. The topological polar surface area (TPSA) is 71.5 Å². The van der Waals surface area contributed by atoms with E-state index in [0.29, 0.717) is 16.0 Å². The van der Waals surface area contributed by atoms with E-state index in [-0.39, 0.29) is 18.6 Å². The number of hydrogen-bond acceptors (Lipinski definition) is 4. The van der Waals surface area contributed by atoms with Crippen LogP contribution in [0.15, 0.2) is 22.6 Å². The van der Waals surface area contributed by atoms with Crippen molar-refractivity contribution >= 4 is 33.4 Å². The average Bonchev–Trinajstić information content (AvgIpc) is 2.78. The predicted octanol–water partition coefficient (Wildman–Crippen LogP) is 2.98. The highest BCUT2D eigenvalue weighted by Crippen LogP contribution is 2.40. The van der Waals surface area contributed by atoms with Crippen LogP contribution >= 0.6 is 27.3 Å². The average molecular weight is 347 g/mol. The third kappa shape index (κ3) is 2.82. The number of ether oxygens (including phenoxy) is 1. The zero-order chi connectivity index (χ0) is 14.0. The molecule has 1 amide bonds. The first-order valence-corrected chi connectivity index (χ1v) is 7.52. The lowest BCUT2D eigenvalue weighted by molar-refractivity contribution is -0.0531. The second-order valence-corrected chi connectivity index (χ2v) is 6.25. The van der Waals surface area contributed by atoms with Crippen molar-refractivity contribution in [2.24, 2.45) is 5.92 Å². The van der Waals surface area contributed by atoms with Crippen LogP contribution in [0.5, 0.6) is 0 Å². The van der Waals surface area contributed by atoms with Gasteiger partial charge in [-0.1, -0.05) is 6.08 Å². The molecular weight excluding hydrogens is 332 g/mol. The summed E-state index contributed by atoms with van der Waals surface area (Å²) in [7, 11) is 0. The molecule has 0 aromatic carbocycles. The molecule has 1 aromatic heterocycles. The SMILES string of the molecule is C=C[C@@H]1C[C@H](C)OC[C@@]1(NC(=O)O)c1nc(Br)cs1. The van der Waals surface area contributed by atoms with Gasteiger partial charge in [-0.05, 0) is 29.3 Å². The van der Waals surface area contributed by atoms with Gasteiger partial charge < -0.3 is 15.2 Å². The quantitative estimate of drug-likeness (QED) is 0.825. The maximum absolute atomic E-state index is 11.2. The molecule has 19 heavy (non-hydrogen) atoms. The van der Waals surface area contributed by atoms with Crippen molar-refractivity contribution in [3.8, 4) is 0 Å². The highest BCUT2D eigenvalue weighted by atomic mass is 79.9. The van der Waals surface area contributed by atoms with Crippen LogP contribution in [0.4, 0.5) is 4.79 Å². The van der Waals surface area contributed by atoms with Gasteiger partial charge in [0, 0.05) is 11.3 Å². The minimum absolute atomic E-state index is 0.0506. The van der Waals surface area contributed by atoms with Gasteiger partial charge in [-0.3, -0.25) is 0 Å². The highest BCUT2D eigenvalue weighted by Gasteiger charge is 2.47. The van der Waals surface area contributed by atoms with Gasteiger partial charge in [-0.15, -0.1) is 17.9 Å². The second kappa shape index (κ2) is 5.60. The third-order valence-electron chi connectivity index (χ3n) is 3.29. The summed E-state index contributed by atoms with van der Waals surface area (Å²) in [6, 6.07) is 0. The van der Waals surface area contributed by atoms with Crippen LogP contribution in [0.25, 0.3) is 0 Å². The molecule has 0 bridgehead atoms. The first-order valence-electron chi connectivity index (χ1n) is 5.84. The summed E-state index contributed by atoms with van der Waals surface area (Å²) in [4.78, 5) is 15.5. The first kappa shape index (κ1) is 14.5. The van der Waals surface area contributed by atoms with Crippen molar-refractivity contribution in [2.75, 3.05) is 6.61 Å². The molecule has 0 saturated carbocycles. The summed E-state index contributed by atoms with van der Waals surface area (Å²) in [6.45, 7) is 6.06. The van der Waals surface area contributed by atoms with E-state index in [9.17, 15) is 4.79 Å². The summed E-state index contributed by atoms with van der Waals surface area (Å²) >= 11 is 4.71. The fourth-order valence-electron chi connectivity index (χ4n) is 2.36. The molecule has 1 aliphatic rings. The summed E-state index contributed by atoms with van der Waals surface area (Å²) < 4.78 is 6.36. The van der Waals surface area contributed by atoms with Crippen LogP contribution < -0.4 is 5.32 Å². The van der Waals surface area contributed by atoms with Gasteiger partial charge in [0.25, 0.3) is 0 Å². The van der Waals surface area contributed by atoms with E-state index >= 15 is 0 Å². The lowest BCUT2D eigenvalue weighted by Crippen LogP contribution is -2.57. The number of carbonyl (C=O) groups is 1. The zero-order valence-electron chi connectivity index (χ0n) is 10.4. The number of aromatic nitrogens is 1. The molecule has 104 valence electrons. The summed E-state index contributed by atoms with van der Waals surface area (Å²) in [6.07, 6.45) is 1.48. The number of carboxylic acid groups (broad SMARTS) is 1. The monoisotopic (exact) mass is 346 g/mol. The third-order valence-corrected chi connectivity index (χ3v) is 5.02. The minimum Gasteiger partial charge on any atom is -0.465 e. The Kier molecular flexibility index (Phi) is 4.27. The fraction of sp³-hybridized carbons (Fsp3) is 0.500. The molecule has 0 aliphatic carbocycles. The smallest absolute Gasteiger partial charge is 0.405 e. The van der Waals surface area contributed by atoms with Crippen molar-refractivity contribution in [3.05, 3.63) is 27.6 Å². The van der Waals surface area contributed by atoms with Crippen LogP contribution in [0.1, 0.15) is 18.4 Å². The Hall–Kier alpha value is -0.920. The standard InChI is InChI=1S/C12H15BrN2O3S/c1-3-8-4-7(2)18-6-12(8,15-11(16)17)10-14-9(13)5-19-10/h3,5,7-8,15H,1,4,6H2,2H3,(H,16,17)/t7-,8+,12-/m0/s1. The molecule has 1 saturated heterocycles. The first-order chi connectivity index (χ1) is 8.98. The van der Waals surface area contributed by atoms with Crippen LogP contribution in [0, 0.1) is 5.92 Å². The molecule has 1 aliphatic heterocycles. The van der Waals surface area contributed by atoms with Gasteiger partial charge >= 0.3 is 6.09 Å². The summed E-state index contributed by atoms with van der Waals surface area (Å²) in [5.41, 5.74) is -0.850. The van der Waals surface area contributed by atoms with E-state index in [1.54, 1.807) is 6.08 Å². The lowest BCUT2D eigenvalue weighted by Gasteiger charge is -2.43. The molecule has 0 unspecified atom stereocenters. The van der Waals surface area contributed by atoms with Crippen LogP contribution in [-0.4, -0.2) is 28.9 Å². The number of nitrogens with zero attached hydrogens (tertiary/aromatic N) is 1. The minimum atomic E-state index is -1.09. The van der Waals surface area contributed by atoms with Crippen molar-refractivity contribution in [2.45, 2.75) is 25.0 Å². The van der Waals surface area contributed by atoms with Crippen molar-refractivity contribution in [1.82, 2.24) is 10.3 Å². The Morgan fingerprint density at radius 3 is 3.11 bits per heavy atom. The normalized spacial score (nSPS) is 30.8. The van der Waals surface area contributed by atoms with E-state index in [2.05, 4.69) is 32.8 Å². The largest absolute Gasteiger partial charge is 0.465 e. The number of hydrogen-bond donors (Lipinski definition) is 2. The van der Waals surface area contributed by atoms with Crippen molar-refractivity contribution in [3.63, 3.8) is 0 Å². The van der Waals surface area contributed by atoms with E-state index in [0.717, 1.165) is 0 Å². The maximum Gasteiger partial charge on any atom is 0.405 e. The van der Waals surface area contributed by atoms with E-state index in [1.807, 2.05) is 12.3 Å². The van der Waals surface area contributed by atoms with Gasteiger partial charge in [0.1, 0.15) is 15.1 Å². The molecule has 1 fully saturated rings. The number of thiazole rings is 1. The van der Waals surface area contributed by atoms with Crippen molar-refractivity contribution in [1.29, 1.82) is 0 Å². The number of amides is 1. The number of rotatable bonds is 3. The fourth-order valence-corrected chi connectivity index (χ4v) is 3.82. The molecule has 2 rings (SSSR count). The van der Waals surface area contributed by atoms with Gasteiger partial charge in [0.2, 0.25) is 0 Å². The van der Waals surface area contributed by atoms with Crippen LogP contribution in [-0.2, 0) is 10.3 Å². The summed E-state index contributed by atoms with van der Waals surface area (Å²) in [5, 5.41) is 14.3. The Morgan fingerprint density at radius 2 is 2.58 bits per heavy atom. The molecule has 3 atom stereocenters. The molecule has 2 N–H and O–H groups in total. The Bertz CT molecular complexity index is 493. The second-order valence-electron chi connectivity index (χ2n) is 4.58. The Balaban J connectivity index is 2.43. The maximum atomic E-state index is 11.2. The molecule has 5 nitrogen and oxygen atoms in total. The lowest BCUT2D eigenvalue weighted by atomic mass is 9.79. The zero-order valence-corrected chi connectivity index (χ0v) is 12.8. The Morgan fingerprint density at radius 1 is 1.84 bits per heavy atom. The highest BCUT2D eigenvalue weighted by molar-refractivity contribution is 9.10. The predicted molar refractivity (Wildman–Crippen MR) is 76.4 cm³/mol. The van der Waals surface area contributed by atoms with Gasteiger partial charge in [-0.2, -0.15) is 0 Å². The molecule has 7 heteroatoms. The van der Waals surface area contributed by atoms with Gasteiger partial charge in [0.05, 0.1) is 12.7 Å². The Labute approximate surface area is 123 Å². The van der Waals surface area contributed by atoms with Crippen LogP contribution in [0.3, 0.4) is 0 Å². The van der Waals surface area contributed by atoms with Gasteiger partial charge in [-0.25, -0.2) is 9.78 Å². The van der Waals surface area contributed by atoms with E-state index in [4.69, 9.17) is 9.84 Å². The molecule has 0 radical (unpaired) electrons. The van der Waals surface area contributed by atoms with Crippen molar-refractivity contribution < 1.29 is 14.6 Å². The molecule has 2 heterocycles. The van der Waals surface area contributed by atoms with Gasteiger partial charge in [0.15, 0.2) is 0 Å². The summed E-state index contributed by atoms with van der Waals surface area (Å²) in [5.74, 6) is -0.0506. The molecule has 0 spiro atoms.